The van der Waals surface area contributed by atoms with Gasteiger partial charge in [0.25, 0.3) is 11.8 Å². The van der Waals surface area contributed by atoms with Crippen molar-refractivity contribution in [1.29, 1.82) is 0 Å². The fourth-order valence-electron chi connectivity index (χ4n) is 4.91. The molecule has 2 amide bonds. The van der Waals surface area contributed by atoms with Gasteiger partial charge < -0.3 is 20.4 Å². The summed E-state index contributed by atoms with van der Waals surface area (Å²) < 4.78 is 0. The van der Waals surface area contributed by atoms with Crippen LogP contribution < -0.4 is 15.5 Å². The molecule has 1 spiro atoms. The van der Waals surface area contributed by atoms with Crippen LogP contribution in [0.25, 0.3) is 0 Å². The van der Waals surface area contributed by atoms with E-state index in [1.54, 1.807) is 18.2 Å². The van der Waals surface area contributed by atoms with Gasteiger partial charge in [-0.05, 0) is 42.3 Å². The van der Waals surface area contributed by atoms with Gasteiger partial charge >= 0.3 is 0 Å². The Morgan fingerprint density at radius 1 is 0.919 bits per heavy atom. The topological polar surface area (TPSA) is 83.0 Å². The van der Waals surface area contributed by atoms with Crippen LogP contribution in [-0.4, -0.2) is 42.8 Å². The number of hydrogen-bond donors (Lipinski definition) is 2. The van der Waals surface area contributed by atoms with E-state index in [4.69, 9.17) is 4.84 Å². The van der Waals surface area contributed by atoms with Crippen molar-refractivity contribution < 1.29 is 14.4 Å². The van der Waals surface area contributed by atoms with Gasteiger partial charge in [0.05, 0.1) is 17.1 Å². The van der Waals surface area contributed by atoms with E-state index >= 15 is 0 Å². The lowest BCUT2D eigenvalue weighted by Gasteiger charge is -2.39. The van der Waals surface area contributed by atoms with Gasteiger partial charge in [0.15, 0.2) is 0 Å². The third-order valence-electron chi connectivity index (χ3n) is 7.04. The standard InChI is InChI=1S/C30H32N4O3/c1-2-17-31-28(35)24-13-14-27(25(20-24)32-29(36)23-11-7-4-8-12-23)34-18-15-30(16-19-34)21-26(33-37-30)22-9-5-3-6-10-22/h3-14,20H,2,15-19,21H2,1H3,(H,31,35)(H,32,36). The molecule has 0 unspecified atom stereocenters. The predicted molar refractivity (Wildman–Crippen MR) is 146 cm³/mol. The summed E-state index contributed by atoms with van der Waals surface area (Å²) in [5.41, 5.74) is 4.41. The Bertz CT molecular complexity index is 1280. The highest BCUT2D eigenvalue weighted by Crippen LogP contribution is 2.39. The number of hydrogen-bond acceptors (Lipinski definition) is 5. The molecule has 0 aromatic heterocycles. The molecule has 7 nitrogen and oxygen atoms in total. The fraction of sp³-hybridized carbons (Fsp3) is 0.300. The van der Waals surface area contributed by atoms with Gasteiger partial charge in [-0.2, -0.15) is 0 Å². The number of nitrogens with zero attached hydrogens (tertiary/aromatic N) is 2. The first-order valence-corrected chi connectivity index (χ1v) is 12.9. The molecule has 0 aliphatic carbocycles. The Hall–Kier alpha value is -4.13. The van der Waals surface area contributed by atoms with E-state index in [-0.39, 0.29) is 17.4 Å². The first-order valence-electron chi connectivity index (χ1n) is 12.9. The highest BCUT2D eigenvalue weighted by atomic mass is 16.7. The van der Waals surface area contributed by atoms with Gasteiger partial charge in [-0.15, -0.1) is 0 Å². The maximum absolute atomic E-state index is 13.0. The minimum Gasteiger partial charge on any atom is -0.388 e. The van der Waals surface area contributed by atoms with Gasteiger partial charge in [0.2, 0.25) is 0 Å². The maximum atomic E-state index is 13.0. The third kappa shape index (κ3) is 5.50. The summed E-state index contributed by atoms with van der Waals surface area (Å²) >= 11 is 0. The molecule has 2 aliphatic rings. The van der Waals surface area contributed by atoms with E-state index in [1.807, 2.05) is 55.5 Å². The highest BCUT2D eigenvalue weighted by molar-refractivity contribution is 6.07. The zero-order valence-electron chi connectivity index (χ0n) is 21.1. The van der Waals surface area contributed by atoms with E-state index in [0.29, 0.717) is 23.4 Å². The van der Waals surface area contributed by atoms with E-state index in [0.717, 1.165) is 55.7 Å². The van der Waals surface area contributed by atoms with E-state index in [2.05, 4.69) is 32.8 Å². The Morgan fingerprint density at radius 2 is 1.62 bits per heavy atom. The lowest BCUT2D eigenvalue weighted by atomic mass is 9.85. The van der Waals surface area contributed by atoms with Crippen LogP contribution in [0.5, 0.6) is 0 Å². The lowest BCUT2D eigenvalue weighted by Crippen LogP contribution is -2.45. The molecule has 3 aromatic carbocycles. The van der Waals surface area contributed by atoms with Crippen molar-refractivity contribution in [3.8, 4) is 0 Å². The molecule has 37 heavy (non-hydrogen) atoms. The molecule has 2 aliphatic heterocycles. The highest BCUT2D eigenvalue weighted by Gasteiger charge is 2.42. The zero-order valence-corrected chi connectivity index (χ0v) is 21.1. The number of anilines is 2. The van der Waals surface area contributed by atoms with Crippen LogP contribution in [0.1, 0.15) is 58.9 Å². The molecule has 0 atom stereocenters. The number of benzene rings is 3. The molecule has 1 fully saturated rings. The fourth-order valence-corrected chi connectivity index (χ4v) is 4.91. The minimum absolute atomic E-state index is 0.147. The predicted octanol–water partition coefficient (Wildman–Crippen LogP) is 5.24. The molecule has 1 saturated heterocycles. The number of nitrogens with one attached hydrogen (secondary N) is 2. The average molecular weight is 497 g/mol. The Kier molecular flexibility index (Phi) is 7.21. The summed E-state index contributed by atoms with van der Waals surface area (Å²) in [5.74, 6) is -0.354. The molecule has 7 heteroatoms. The quantitative estimate of drug-likeness (QED) is 0.469. The van der Waals surface area contributed by atoms with Crippen LogP contribution in [0.4, 0.5) is 11.4 Å². The molecule has 2 N–H and O–H groups in total. The van der Waals surface area contributed by atoms with Crippen molar-refractivity contribution in [3.63, 3.8) is 0 Å². The van der Waals surface area contributed by atoms with Crippen LogP contribution in [0, 0.1) is 0 Å². The second-order valence-electron chi connectivity index (χ2n) is 9.65. The first-order chi connectivity index (χ1) is 18.1. The third-order valence-corrected chi connectivity index (χ3v) is 7.04. The van der Waals surface area contributed by atoms with Crippen LogP contribution in [0.2, 0.25) is 0 Å². The van der Waals surface area contributed by atoms with Crippen molar-refractivity contribution >= 4 is 28.9 Å². The van der Waals surface area contributed by atoms with Crippen LogP contribution in [0.3, 0.4) is 0 Å². The largest absolute Gasteiger partial charge is 0.388 e. The zero-order chi connectivity index (χ0) is 25.7. The number of carbonyl (C=O) groups excluding carboxylic acids is 2. The molecule has 5 rings (SSSR count). The van der Waals surface area contributed by atoms with Crippen molar-refractivity contribution in [2.75, 3.05) is 29.9 Å². The average Bonchev–Trinajstić information content (AvgIpc) is 3.36. The number of rotatable bonds is 7. The summed E-state index contributed by atoms with van der Waals surface area (Å²) in [7, 11) is 0. The molecule has 190 valence electrons. The smallest absolute Gasteiger partial charge is 0.255 e. The summed E-state index contributed by atoms with van der Waals surface area (Å²) in [4.78, 5) is 33.9. The van der Waals surface area contributed by atoms with Crippen molar-refractivity contribution in [2.24, 2.45) is 5.16 Å². The number of amides is 2. The van der Waals surface area contributed by atoms with Gasteiger partial charge in [0, 0.05) is 50.0 Å². The lowest BCUT2D eigenvalue weighted by molar-refractivity contribution is -0.0359. The molecule has 0 saturated carbocycles. The number of carbonyl (C=O) groups is 2. The van der Waals surface area contributed by atoms with Gasteiger partial charge in [0.1, 0.15) is 5.60 Å². The monoisotopic (exact) mass is 496 g/mol. The van der Waals surface area contributed by atoms with Crippen LogP contribution in [-0.2, 0) is 4.84 Å². The van der Waals surface area contributed by atoms with Crippen LogP contribution in [0.15, 0.2) is 84.0 Å². The summed E-state index contributed by atoms with van der Waals surface area (Å²) in [6.07, 6.45) is 3.28. The normalized spacial score (nSPS) is 16.1. The number of piperidine rings is 1. The molecular weight excluding hydrogens is 464 g/mol. The van der Waals surface area contributed by atoms with E-state index < -0.39 is 0 Å². The first kappa shape index (κ1) is 24.6. The van der Waals surface area contributed by atoms with Crippen LogP contribution >= 0.6 is 0 Å². The summed E-state index contributed by atoms with van der Waals surface area (Å²) in [5, 5.41) is 10.4. The van der Waals surface area contributed by atoms with Gasteiger partial charge in [-0.1, -0.05) is 60.6 Å². The molecule has 2 heterocycles. The summed E-state index contributed by atoms with van der Waals surface area (Å²) in [6, 6.07) is 24.8. The molecular formula is C30H32N4O3. The van der Waals surface area contributed by atoms with E-state index in [9.17, 15) is 9.59 Å². The number of oxime groups is 1. The SMILES string of the molecule is CCCNC(=O)c1ccc(N2CCC3(CC2)CC(c2ccccc2)=NO3)c(NC(=O)c2ccccc2)c1. The van der Waals surface area contributed by atoms with Crippen molar-refractivity contribution in [3.05, 3.63) is 95.6 Å². The molecule has 0 bridgehead atoms. The maximum Gasteiger partial charge on any atom is 0.255 e. The Balaban J connectivity index is 1.33. The molecule has 3 aromatic rings. The second-order valence-corrected chi connectivity index (χ2v) is 9.65. The van der Waals surface area contributed by atoms with Crippen molar-refractivity contribution in [1.82, 2.24) is 5.32 Å². The van der Waals surface area contributed by atoms with E-state index in [1.165, 1.54) is 0 Å². The summed E-state index contributed by atoms with van der Waals surface area (Å²) in [6.45, 7) is 4.13. The van der Waals surface area contributed by atoms with Gasteiger partial charge in [-0.3, -0.25) is 9.59 Å². The Labute approximate surface area is 217 Å². The van der Waals surface area contributed by atoms with Gasteiger partial charge in [-0.25, -0.2) is 0 Å². The molecule has 0 radical (unpaired) electrons. The Morgan fingerprint density at radius 3 is 2.32 bits per heavy atom. The minimum atomic E-state index is -0.297. The second kappa shape index (κ2) is 10.9. The van der Waals surface area contributed by atoms with Crippen molar-refractivity contribution in [2.45, 2.75) is 38.2 Å².